The van der Waals surface area contributed by atoms with Gasteiger partial charge in [-0.25, -0.2) is 0 Å². The van der Waals surface area contributed by atoms with Crippen molar-refractivity contribution in [1.29, 1.82) is 0 Å². The highest BCUT2D eigenvalue weighted by Gasteiger charge is 2.27. The predicted molar refractivity (Wildman–Crippen MR) is 99.2 cm³/mol. The van der Waals surface area contributed by atoms with Crippen LogP contribution in [-0.4, -0.2) is 28.8 Å². The van der Waals surface area contributed by atoms with E-state index in [0.717, 1.165) is 24.1 Å². The summed E-state index contributed by atoms with van der Waals surface area (Å²) in [4.78, 5) is 26.8. The quantitative estimate of drug-likeness (QED) is 0.665. The number of rotatable bonds is 4. The fraction of sp³-hybridized carbons (Fsp3) is 0.389. The molecule has 0 aliphatic carbocycles. The minimum Gasteiger partial charge on any atom is -0.319 e. The fourth-order valence-corrected chi connectivity index (χ4v) is 4.22. The van der Waals surface area contributed by atoms with Crippen LogP contribution in [0.1, 0.15) is 34.5 Å². The standard InChI is InChI=1S/C18H21N3O3S/c1-11-4-5-15(21(23)24)18(12(11)2)19-17(22)10-20-8-6-16-14(13(20)3)7-9-25-16/h4-5,7,9,13H,6,8,10H2,1-3H3,(H,19,22)/t13-/m1/s1. The van der Waals surface area contributed by atoms with E-state index < -0.39 is 4.92 Å². The number of benzene rings is 1. The first-order valence-corrected chi connectivity index (χ1v) is 9.11. The zero-order valence-corrected chi connectivity index (χ0v) is 15.4. The molecule has 132 valence electrons. The van der Waals surface area contributed by atoms with Gasteiger partial charge in [0.25, 0.3) is 5.69 Å². The molecule has 2 heterocycles. The van der Waals surface area contributed by atoms with Gasteiger partial charge in [0.1, 0.15) is 5.69 Å². The van der Waals surface area contributed by atoms with Gasteiger partial charge in [-0.3, -0.25) is 19.8 Å². The Labute approximate surface area is 150 Å². The van der Waals surface area contributed by atoms with Gasteiger partial charge in [0.15, 0.2) is 0 Å². The van der Waals surface area contributed by atoms with Crippen LogP contribution < -0.4 is 5.32 Å². The van der Waals surface area contributed by atoms with Crippen molar-refractivity contribution in [1.82, 2.24) is 4.90 Å². The number of thiophene rings is 1. The van der Waals surface area contributed by atoms with Crippen molar-refractivity contribution in [3.63, 3.8) is 0 Å². The molecule has 0 saturated heterocycles. The third-order valence-electron chi connectivity index (χ3n) is 4.93. The minimum absolute atomic E-state index is 0.0664. The summed E-state index contributed by atoms with van der Waals surface area (Å²) < 4.78 is 0. The van der Waals surface area contributed by atoms with Crippen LogP contribution in [0, 0.1) is 24.0 Å². The molecule has 25 heavy (non-hydrogen) atoms. The average Bonchev–Trinajstić information content (AvgIpc) is 3.04. The van der Waals surface area contributed by atoms with E-state index in [1.807, 2.05) is 6.92 Å². The van der Waals surface area contributed by atoms with Crippen LogP contribution in [0.3, 0.4) is 0 Å². The normalized spacial score (nSPS) is 17.2. The molecule has 1 N–H and O–H groups in total. The van der Waals surface area contributed by atoms with Crippen LogP contribution in [0.5, 0.6) is 0 Å². The van der Waals surface area contributed by atoms with Crippen molar-refractivity contribution in [2.45, 2.75) is 33.2 Å². The number of hydrogen-bond donors (Lipinski definition) is 1. The summed E-state index contributed by atoms with van der Waals surface area (Å²) in [7, 11) is 0. The molecule has 0 unspecified atom stereocenters. The molecule has 1 aromatic carbocycles. The first-order valence-electron chi connectivity index (χ1n) is 8.23. The Morgan fingerprint density at radius 3 is 2.88 bits per heavy atom. The zero-order chi connectivity index (χ0) is 18.1. The first-order chi connectivity index (χ1) is 11.9. The lowest BCUT2D eigenvalue weighted by molar-refractivity contribution is -0.384. The highest BCUT2D eigenvalue weighted by molar-refractivity contribution is 7.10. The van der Waals surface area contributed by atoms with Crippen LogP contribution in [0.25, 0.3) is 0 Å². The van der Waals surface area contributed by atoms with E-state index in [2.05, 4.69) is 28.6 Å². The molecule has 3 rings (SSSR count). The summed E-state index contributed by atoms with van der Waals surface area (Å²) in [6.07, 6.45) is 0.939. The van der Waals surface area contributed by atoms with Crippen molar-refractivity contribution in [3.8, 4) is 0 Å². The molecule has 2 aromatic rings. The number of anilines is 1. The maximum absolute atomic E-state index is 12.5. The van der Waals surface area contributed by atoms with Crippen molar-refractivity contribution in [3.05, 3.63) is 55.3 Å². The van der Waals surface area contributed by atoms with Gasteiger partial charge in [-0.2, -0.15) is 0 Å². The summed E-state index contributed by atoms with van der Waals surface area (Å²) >= 11 is 1.76. The van der Waals surface area contributed by atoms with Gasteiger partial charge in [0.2, 0.25) is 5.91 Å². The van der Waals surface area contributed by atoms with E-state index in [-0.39, 0.29) is 24.2 Å². The van der Waals surface area contributed by atoms with Gasteiger partial charge in [-0.1, -0.05) is 6.07 Å². The predicted octanol–water partition coefficient (Wildman–Crippen LogP) is 3.83. The highest BCUT2D eigenvalue weighted by atomic mass is 32.1. The molecule has 0 bridgehead atoms. The molecule has 1 aliphatic rings. The van der Waals surface area contributed by atoms with Gasteiger partial charge in [-0.15, -0.1) is 11.3 Å². The highest BCUT2D eigenvalue weighted by Crippen LogP contribution is 2.33. The Morgan fingerprint density at radius 1 is 1.40 bits per heavy atom. The van der Waals surface area contributed by atoms with E-state index >= 15 is 0 Å². The third kappa shape index (κ3) is 3.43. The number of nitrogens with one attached hydrogen (secondary N) is 1. The van der Waals surface area contributed by atoms with Crippen molar-refractivity contribution in [2.24, 2.45) is 0 Å². The van der Waals surface area contributed by atoms with Gasteiger partial charge < -0.3 is 5.32 Å². The molecule has 1 atom stereocenters. The first kappa shape index (κ1) is 17.6. The second kappa shape index (κ2) is 6.93. The van der Waals surface area contributed by atoms with E-state index in [1.54, 1.807) is 24.3 Å². The summed E-state index contributed by atoms with van der Waals surface area (Å²) in [5, 5.41) is 16.1. The Hall–Kier alpha value is -2.25. The smallest absolute Gasteiger partial charge is 0.293 e. The van der Waals surface area contributed by atoms with E-state index in [4.69, 9.17) is 0 Å². The lowest BCUT2D eigenvalue weighted by atomic mass is 10.0. The molecular formula is C18H21N3O3S. The maximum atomic E-state index is 12.5. The molecule has 1 aromatic heterocycles. The molecular weight excluding hydrogens is 338 g/mol. The second-order valence-corrected chi connectivity index (χ2v) is 7.40. The number of nitro groups is 1. The van der Waals surface area contributed by atoms with Gasteiger partial charge in [0.05, 0.1) is 11.5 Å². The van der Waals surface area contributed by atoms with Gasteiger partial charge in [0, 0.05) is 23.5 Å². The lowest BCUT2D eigenvalue weighted by Gasteiger charge is -2.32. The molecule has 1 aliphatic heterocycles. The number of amides is 1. The molecule has 7 heteroatoms. The number of carbonyl (C=O) groups excluding carboxylic acids is 1. The number of nitro benzene ring substituents is 1. The summed E-state index contributed by atoms with van der Waals surface area (Å²) in [6, 6.07) is 5.44. The van der Waals surface area contributed by atoms with Crippen molar-refractivity contribution >= 4 is 28.6 Å². The molecule has 6 nitrogen and oxygen atoms in total. The second-order valence-electron chi connectivity index (χ2n) is 6.40. The Kier molecular flexibility index (Phi) is 4.87. The Bertz CT molecular complexity index is 831. The molecule has 0 radical (unpaired) electrons. The SMILES string of the molecule is Cc1ccc([N+](=O)[O-])c(NC(=O)CN2CCc3sccc3[C@H]2C)c1C. The topological polar surface area (TPSA) is 75.5 Å². The molecule has 1 amide bonds. The number of carbonyl (C=O) groups is 1. The summed E-state index contributed by atoms with van der Waals surface area (Å²) in [5.74, 6) is -0.220. The van der Waals surface area contributed by atoms with Gasteiger partial charge in [-0.05, 0) is 55.3 Å². The number of aryl methyl sites for hydroxylation is 1. The van der Waals surface area contributed by atoms with Crippen LogP contribution in [0.15, 0.2) is 23.6 Å². The van der Waals surface area contributed by atoms with Crippen LogP contribution in [0.2, 0.25) is 0 Å². The van der Waals surface area contributed by atoms with Crippen LogP contribution in [0.4, 0.5) is 11.4 Å². The maximum Gasteiger partial charge on any atom is 0.293 e. The monoisotopic (exact) mass is 359 g/mol. The fourth-order valence-electron chi connectivity index (χ4n) is 3.25. The largest absolute Gasteiger partial charge is 0.319 e. The Morgan fingerprint density at radius 2 is 2.16 bits per heavy atom. The third-order valence-corrected chi connectivity index (χ3v) is 5.92. The summed E-state index contributed by atoms with van der Waals surface area (Å²) in [6.45, 7) is 6.80. The van der Waals surface area contributed by atoms with Gasteiger partial charge >= 0.3 is 0 Å². The lowest BCUT2D eigenvalue weighted by Crippen LogP contribution is -2.39. The van der Waals surface area contributed by atoms with Crippen molar-refractivity contribution in [2.75, 3.05) is 18.4 Å². The number of nitrogens with zero attached hydrogens (tertiary/aromatic N) is 2. The number of hydrogen-bond acceptors (Lipinski definition) is 5. The summed E-state index contributed by atoms with van der Waals surface area (Å²) in [5.41, 5.74) is 3.16. The van der Waals surface area contributed by atoms with E-state index in [0.29, 0.717) is 5.69 Å². The molecule has 0 saturated carbocycles. The Balaban J connectivity index is 1.76. The average molecular weight is 359 g/mol. The zero-order valence-electron chi connectivity index (χ0n) is 14.5. The van der Waals surface area contributed by atoms with Crippen LogP contribution in [-0.2, 0) is 11.2 Å². The van der Waals surface area contributed by atoms with Crippen molar-refractivity contribution < 1.29 is 9.72 Å². The van der Waals surface area contributed by atoms with E-state index in [9.17, 15) is 14.9 Å². The molecule has 0 spiro atoms. The molecule has 0 fully saturated rings. The van der Waals surface area contributed by atoms with E-state index in [1.165, 1.54) is 16.5 Å². The minimum atomic E-state index is -0.455. The number of fused-ring (bicyclic) bond motifs is 1. The van der Waals surface area contributed by atoms with Crippen LogP contribution >= 0.6 is 11.3 Å².